The number of ether oxygens (including phenoxy) is 2. The highest BCUT2D eigenvalue weighted by Gasteiger charge is 2.50. The number of hydrogen-bond acceptors (Lipinski definition) is 6. The van der Waals surface area contributed by atoms with Gasteiger partial charge in [0.15, 0.2) is 0 Å². The Morgan fingerprint density at radius 2 is 2.00 bits per heavy atom. The molecule has 2 amide bonds. The van der Waals surface area contributed by atoms with Crippen LogP contribution in [0.15, 0.2) is 21.5 Å². The van der Waals surface area contributed by atoms with Crippen molar-refractivity contribution in [2.45, 2.75) is 77.5 Å². The van der Waals surface area contributed by atoms with Crippen LogP contribution in [0.1, 0.15) is 70.9 Å². The molecule has 0 aromatic carbocycles. The maximum Gasteiger partial charge on any atom is 0.407 e. The second-order valence-corrected chi connectivity index (χ2v) is 8.12. The summed E-state index contributed by atoms with van der Waals surface area (Å²) >= 11 is 0. The van der Waals surface area contributed by atoms with Gasteiger partial charge >= 0.3 is 6.09 Å². The predicted octanol–water partition coefficient (Wildman–Crippen LogP) is 2.99. The molecular weight excluding hydrogens is 364 g/mol. The van der Waals surface area contributed by atoms with E-state index in [0.29, 0.717) is 19.4 Å². The van der Waals surface area contributed by atoms with Crippen molar-refractivity contribution in [3.8, 4) is 5.75 Å². The van der Waals surface area contributed by atoms with Crippen LogP contribution >= 0.6 is 0 Å². The second-order valence-electron chi connectivity index (χ2n) is 8.12. The van der Waals surface area contributed by atoms with Gasteiger partial charge in [-0.3, -0.25) is 9.59 Å². The van der Waals surface area contributed by atoms with Crippen LogP contribution in [0.5, 0.6) is 5.75 Å². The molecule has 1 heterocycles. The first-order valence-electron chi connectivity index (χ1n) is 9.64. The van der Waals surface area contributed by atoms with Crippen molar-refractivity contribution < 1.29 is 23.5 Å². The highest BCUT2D eigenvalue weighted by atomic mass is 16.6. The summed E-state index contributed by atoms with van der Waals surface area (Å²) in [5, 5.41) is 5.65. The molecule has 0 saturated heterocycles. The van der Waals surface area contributed by atoms with Crippen LogP contribution in [-0.2, 0) is 4.74 Å². The molecule has 1 saturated carbocycles. The van der Waals surface area contributed by atoms with E-state index in [4.69, 9.17) is 13.9 Å². The van der Waals surface area contributed by atoms with E-state index in [0.717, 1.165) is 12.8 Å². The third-order valence-corrected chi connectivity index (χ3v) is 4.50. The fourth-order valence-corrected chi connectivity index (χ4v) is 2.72. The summed E-state index contributed by atoms with van der Waals surface area (Å²) in [7, 11) is 0. The minimum absolute atomic E-state index is 0.0861. The van der Waals surface area contributed by atoms with Crippen LogP contribution in [-0.4, -0.2) is 35.8 Å². The molecule has 0 radical (unpaired) electrons. The average molecular weight is 394 g/mol. The lowest BCUT2D eigenvalue weighted by Gasteiger charge is -2.27. The molecule has 2 N–H and O–H groups in total. The van der Waals surface area contributed by atoms with Crippen molar-refractivity contribution in [3.05, 3.63) is 28.3 Å². The summed E-state index contributed by atoms with van der Waals surface area (Å²) in [4.78, 5) is 36.9. The van der Waals surface area contributed by atoms with E-state index < -0.39 is 28.6 Å². The molecule has 0 unspecified atom stereocenters. The molecule has 0 spiro atoms. The van der Waals surface area contributed by atoms with Crippen molar-refractivity contribution in [2.75, 3.05) is 6.61 Å². The Hall–Kier alpha value is -2.51. The molecule has 8 heteroatoms. The van der Waals surface area contributed by atoms with Crippen LogP contribution in [0.2, 0.25) is 0 Å². The molecule has 156 valence electrons. The van der Waals surface area contributed by atoms with Crippen LogP contribution in [0.3, 0.4) is 0 Å². The van der Waals surface area contributed by atoms with Gasteiger partial charge in [-0.05, 0) is 47.0 Å². The molecular formula is C20H30N2O6. The highest BCUT2D eigenvalue weighted by molar-refractivity contribution is 5.94. The van der Waals surface area contributed by atoms with Crippen molar-refractivity contribution >= 4 is 12.0 Å². The van der Waals surface area contributed by atoms with Gasteiger partial charge in [0, 0.05) is 6.07 Å². The van der Waals surface area contributed by atoms with Crippen molar-refractivity contribution in [1.29, 1.82) is 0 Å². The monoisotopic (exact) mass is 394 g/mol. The van der Waals surface area contributed by atoms with Gasteiger partial charge in [-0.25, -0.2) is 4.79 Å². The van der Waals surface area contributed by atoms with E-state index >= 15 is 0 Å². The maximum absolute atomic E-state index is 12.8. The summed E-state index contributed by atoms with van der Waals surface area (Å²) in [5.74, 6) is -0.782. The first kappa shape index (κ1) is 21.8. The van der Waals surface area contributed by atoms with Crippen LogP contribution in [0.25, 0.3) is 0 Å². The molecule has 8 nitrogen and oxygen atoms in total. The normalized spacial score (nSPS) is 16.0. The van der Waals surface area contributed by atoms with Gasteiger partial charge in [0.2, 0.25) is 16.9 Å². The Kier molecular flexibility index (Phi) is 6.74. The summed E-state index contributed by atoms with van der Waals surface area (Å²) in [6.45, 7) is 9.47. The van der Waals surface area contributed by atoms with Gasteiger partial charge in [-0.15, -0.1) is 0 Å². The van der Waals surface area contributed by atoms with Gasteiger partial charge in [-0.2, -0.15) is 0 Å². The summed E-state index contributed by atoms with van der Waals surface area (Å²) in [6, 6.07) is 0.865. The van der Waals surface area contributed by atoms with E-state index in [1.165, 1.54) is 12.3 Å². The minimum atomic E-state index is -0.609. The Bertz CT molecular complexity index is 761. The number of carbonyl (C=O) groups is 2. The molecule has 1 aliphatic rings. The molecule has 2 rings (SSSR count). The number of nitrogens with one attached hydrogen (secondary N) is 2. The molecule has 1 fully saturated rings. The van der Waals surface area contributed by atoms with E-state index in [2.05, 4.69) is 10.6 Å². The maximum atomic E-state index is 12.8. The Balaban J connectivity index is 2.07. The van der Waals surface area contributed by atoms with E-state index in [-0.39, 0.29) is 17.6 Å². The Morgan fingerprint density at radius 1 is 1.32 bits per heavy atom. The molecule has 1 aromatic rings. The lowest BCUT2D eigenvalue weighted by molar-refractivity contribution is 0.0489. The standard InChI is InChI=1S/C20H30N2O6/c1-6-7-11-26-15-14(23)8-12-27-16(15)17(24)22-20(9-10-20)13(2)21-18(25)28-19(3,4)5/h8,12-13H,6-7,9-11H2,1-5H3,(H,21,25)(H,22,24)/t13-/m0/s1. The lowest BCUT2D eigenvalue weighted by atomic mass is 10.1. The predicted molar refractivity (Wildman–Crippen MR) is 104 cm³/mol. The van der Waals surface area contributed by atoms with Gasteiger partial charge < -0.3 is 24.5 Å². The van der Waals surface area contributed by atoms with E-state index in [9.17, 15) is 14.4 Å². The number of amides is 2. The summed E-state index contributed by atoms with van der Waals surface area (Å²) < 4.78 is 16.0. The third kappa shape index (κ3) is 5.74. The largest absolute Gasteiger partial charge is 0.486 e. The molecule has 28 heavy (non-hydrogen) atoms. The van der Waals surface area contributed by atoms with E-state index in [1.807, 2.05) is 6.92 Å². The Labute approximate surface area is 165 Å². The first-order valence-corrected chi connectivity index (χ1v) is 9.64. The second kappa shape index (κ2) is 8.67. The van der Waals surface area contributed by atoms with Crippen molar-refractivity contribution in [1.82, 2.24) is 10.6 Å². The minimum Gasteiger partial charge on any atom is -0.486 e. The lowest BCUT2D eigenvalue weighted by Crippen LogP contribution is -2.53. The van der Waals surface area contributed by atoms with Gasteiger partial charge in [0.1, 0.15) is 5.60 Å². The Morgan fingerprint density at radius 3 is 2.57 bits per heavy atom. The van der Waals surface area contributed by atoms with Crippen LogP contribution in [0, 0.1) is 0 Å². The summed E-state index contributed by atoms with van der Waals surface area (Å²) in [6.07, 6.45) is 3.67. The average Bonchev–Trinajstić information content (AvgIpc) is 3.35. The van der Waals surface area contributed by atoms with Gasteiger partial charge in [0.05, 0.1) is 24.5 Å². The fourth-order valence-electron chi connectivity index (χ4n) is 2.72. The number of alkyl carbamates (subject to hydrolysis) is 1. The fraction of sp³-hybridized carbons (Fsp3) is 0.650. The smallest absolute Gasteiger partial charge is 0.407 e. The first-order chi connectivity index (χ1) is 13.1. The highest BCUT2D eigenvalue weighted by Crippen LogP contribution is 2.39. The number of rotatable bonds is 8. The zero-order chi connectivity index (χ0) is 20.9. The number of carbonyl (C=O) groups excluding carboxylic acids is 2. The topological polar surface area (TPSA) is 107 Å². The molecule has 1 atom stereocenters. The number of unbranched alkanes of at least 4 members (excludes halogenated alkanes) is 1. The third-order valence-electron chi connectivity index (χ3n) is 4.50. The zero-order valence-corrected chi connectivity index (χ0v) is 17.2. The molecule has 0 aliphatic heterocycles. The van der Waals surface area contributed by atoms with Gasteiger partial charge in [-0.1, -0.05) is 13.3 Å². The van der Waals surface area contributed by atoms with E-state index in [1.54, 1.807) is 27.7 Å². The molecule has 1 aromatic heterocycles. The molecule has 0 bridgehead atoms. The zero-order valence-electron chi connectivity index (χ0n) is 17.2. The van der Waals surface area contributed by atoms with Crippen molar-refractivity contribution in [2.24, 2.45) is 0 Å². The van der Waals surface area contributed by atoms with Crippen LogP contribution < -0.4 is 20.8 Å². The quantitative estimate of drug-likeness (QED) is 0.657. The SMILES string of the molecule is CCCCOc1c(C(=O)NC2([C@H](C)NC(=O)OC(C)(C)C)CC2)occc1=O. The van der Waals surface area contributed by atoms with Crippen molar-refractivity contribution in [3.63, 3.8) is 0 Å². The van der Waals surface area contributed by atoms with Gasteiger partial charge in [0.25, 0.3) is 5.91 Å². The van der Waals surface area contributed by atoms with Crippen LogP contribution in [0.4, 0.5) is 4.79 Å². The summed E-state index contributed by atoms with van der Waals surface area (Å²) in [5.41, 5.74) is -1.62. The molecule has 1 aliphatic carbocycles. The number of hydrogen-bond donors (Lipinski definition) is 2.